The molecule has 0 amide bonds. The van der Waals surface area contributed by atoms with E-state index in [4.69, 9.17) is 5.11 Å². The van der Waals surface area contributed by atoms with E-state index >= 15 is 0 Å². The van der Waals surface area contributed by atoms with E-state index in [9.17, 15) is 9.18 Å². The van der Waals surface area contributed by atoms with Crippen LogP contribution in [0.4, 0.5) is 4.39 Å². The Kier molecular flexibility index (Phi) is 5.63. The van der Waals surface area contributed by atoms with Gasteiger partial charge in [-0.25, -0.2) is 4.39 Å². The van der Waals surface area contributed by atoms with Gasteiger partial charge >= 0.3 is 5.97 Å². The van der Waals surface area contributed by atoms with Gasteiger partial charge in [0.1, 0.15) is 5.82 Å². The Balaban J connectivity index is 2.20. The number of benzene rings is 1. The lowest BCUT2D eigenvalue weighted by Gasteiger charge is -2.10. The molecule has 0 heterocycles. The summed E-state index contributed by atoms with van der Waals surface area (Å²) in [5.74, 6) is -0.880. The average Bonchev–Trinajstić information content (AvgIpc) is 2.25. The van der Waals surface area contributed by atoms with Crippen LogP contribution in [0, 0.1) is 11.7 Å². The van der Waals surface area contributed by atoms with Crippen LogP contribution in [0.2, 0.25) is 0 Å². The molecular weight excluding hydrogens is 221 g/mol. The number of carboxylic acid groups (broad SMARTS) is 1. The van der Waals surface area contributed by atoms with Crippen molar-refractivity contribution in [1.29, 1.82) is 0 Å². The van der Waals surface area contributed by atoms with Gasteiger partial charge in [0.05, 0.1) is 0 Å². The second kappa shape index (κ2) is 7.01. The molecule has 1 unspecified atom stereocenters. The number of carboxylic acids is 1. The molecule has 0 aliphatic heterocycles. The highest BCUT2D eigenvalue weighted by molar-refractivity contribution is 5.66. The summed E-state index contributed by atoms with van der Waals surface area (Å²) < 4.78 is 13.2. The Bertz CT molecular complexity index is 368. The molecule has 0 radical (unpaired) electrons. The molecule has 0 fully saturated rings. The first kappa shape index (κ1) is 13.6. The maximum absolute atomic E-state index is 13.2. The Morgan fingerprint density at radius 3 is 2.82 bits per heavy atom. The maximum atomic E-state index is 13.2. The standard InChI is InChI=1S/C13H18FNO2/c1-10(8-13(16)17)9-15-7-6-11-4-2-3-5-12(11)14/h2-5,10,15H,6-9H2,1H3,(H,16,17). The van der Waals surface area contributed by atoms with Gasteiger partial charge < -0.3 is 10.4 Å². The summed E-state index contributed by atoms with van der Waals surface area (Å²) in [7, 11) is 0. The molecule has 4 heteroatoms. The topological polar surface area (TPSA) is 49.3 Å². The normalized spacial score (nSPS) is 12.4. The maximum Gasteiger partial charge on any atom is 0.303 e. The van der Waals surface area contributed by atoms with Crippen LogP contribution in [0.3, 0.4) is 0 Å². The molecule has 2 N–H and O–H groups in total. The van der Waals surface area contributed by atoms with Crippen molar-refractivity contribution in [2.45, 2.75) is 19.8 Å². The Hall–Kier alpha value is -1.42. The molecule has 0 aromatic heterocycles. The number of hydrogen-bond acceptors (Lipinski definition) is 2. The van der Waals surface area contributed by atoms with Crippen LogP contribution >= 0.6 is 0 Å². The highest BCUT2D eigenvalue weighted by atomic mass is 19.1. The third-order valence-corrected chi connectivity index (χ3v) is 2.54. The van der Waals surface area contributed by atoms with Gasteiger partial charge in [-0.1, -0.05) is 25.1 Å². The fraction of sp³-hybridized carbons (Fsp3) is 0.462. The van der Waals surface area contributed by atoms with Crippen molar-refractivity contribution in [2.24, 2.45) is 5.92 Å². The summed E-state index contributed by atoms with van der Waals surface area (Å²) in [6, 6.07) is 6.69. The van der Waals surface area contributed by atoms with E-state index in [1.807, 2.05) is 13.0 Å². The van der Waals surface area contributed by atoms with Gasteiger partial charge in [-0.15, -0.1) is 0 Å². The van der Waals surface area contributed by atoms with Crippen molar-refractivity contribution >= 4 is 5.97 Å². The molecule has 0 saturated carbocycles. The van der Waals surface area contributed by atoms with E-state index in [2.05, 4.69) is 5.32 Å². The highest BCUT2D eigenvalue weighted by Gasteiger charge is 2.06. The van der Waals surface area contributed by atoms with E-state index in [0.29, 0.717) is 25.1 Å². The summed E-state index contributed by atoms with van der Waals surface area (Å²) in [5, 5.41) is 11.7. The summed E-state index contributed by atoms with van der Waals surface area (Å²) in [6.45, 7) is 3.18. The van der Waals surface area contributed by atoms with Crippen molar-refractivity contribution in [2.75, 3.05) is 13.1 Å². The average molecular weight is 239 g/mol. The van der Waals surface area contributed by atoms with Crippen molar-refractivity contribution in [1.82, 2.24) is 5.32 Å². The molecule has 1 aromatic carbocycles. The quantitative estimate of drug-likeness (QED) is 0.716. The largest absolute Gasteiger partial charge is 0.481 e. The van der Waals surface area contributed by atoms with Crippen molar-refractivity contribution in [3.63, 3.8) is 0 Å². The first-order chi connectivity index (χ1) is 8.09. The number of halogens is 1. The number of hydrogen-bond donors (Lipinski definition) is 2. The number of rotatable bonds is 7. The molecule has 1 atom stereocenters. The first-order valence-corrected chi connectivity index (χ1v) is 5.75. The van der Waals surface area contributed by atoms with Gasteiger partial charge in [0.25, 0.3) is 0 Å². The third kappa shape index (κ3) is 5.45. The number of aliphatic carboxylic acids is 1. The van der Waals surface area contributed by atoms with Crippen molar-refractivity contribution in [3.8, 4) is 0 Å². The van der Waals surface area contributed by atoms with Crippen LogP contribution in [0.5, 0.6) is 0 Å². The lowest BCUT2D eigenvalue weighted by Crippen LogP contribution is -2.25. The second-order valence-corrected chi connectivity index (χ2v) is 4.25. The van der Waals surface area contributed by atoms with Crippen LogP contribution in [-0.4, -0.2) is 24.2 Å². The van der Waals surface area contributed by atoms with E-state index in [1.165, 1.54) is 6.07 Å². The molecule has 0 aliphatic carbocycles. The van der Waals surface area contributed by atoms with Crippen LogP contribution in [0.1, 0.15) is 18.9 Å². The minimum Gasteiger partial charge on any atom is -0.481 e. The monoisotopic (exact) mass is 239 g/mol. The molecule has 0 spiro atoms. The summed E-state index contributed by atoms with van der Waals surface area (Å²) in [6.07, 6.45) is 0.777. The highest BCUT2D eigenvalue weighted by Crippen LogP contribution is 2.06. The predicted octanol–water partition coefficient (Wildman–Crippen LogP) is 2.07. The minimum absolute atomic E-state index is 0.0909. The van der Waals surface area contributed by atoms with Gasteiger partial charge in [0.15, 0.2) is 0 Å². The van der Waals surface area contributed by atoms with Gasteiger partial charge in [-0.05, 0) is 37.1 Å². The molecular formula is C13H18FNO2. The van der Waals surface area contributed by atoms with E-state index in [0.717, 1.165) is 0 Å². The van der Waals surface area contributed by atoms with Gasteiger partial charge in [0, 0.05) is 6.42 Å². The fourth-order valence-corrected chi connectivity index (χ4v) is 1.64. The van der Waals surface area contributed by atoms with Gasteiger partial charge in [-0.3, -0.25) is 4.79 Å². The molecule has 1 aromatic rings. The summed E-state index contributed by atoms with van der Waals surface area (Å²) in [4.78, 5) is 10.4. The van der Waals surface area contributed by atoms with Crippen LogP contribution in [-0.2, 0) is 11.2 Å². The van der Waals surface area contributed by atoms with E-state index in [1.54, 1.807) is 12.1 Å². The Morgan fingerprint density at radius 1 is 1.47 bits per heavy atom. The zero-order valence-corrected chi connectivity index (χ0v) is 9.95. The zero-order valence-electron chi connectivity index (χ0n) is 9.95. The van der Waals surface area contributed by atoms with E-state index in [-0.39, 0.29) is 18.2 Å². The lowest BCUT2D eigenvalue weighted by molar-refractivity contribution is -0.137. The van der Waals surface area contributed by atoms with Crippen LogP contribution < -0.4 is 5.32 Å². The Labute approximate surface area is 101 Å². The molecule has 94 valence electrons. The third-order valence-electron chi connectivity index (χ3n) is 2.54. The van der Waals surface area contributed by atoms with Crippen molar-refractivity contribution < 1.29 is 14.3 Å². The molecule has 0 aliphatic rings. The lowest BCUT2D eigenvalue weighted by atomic mass is 10.1. The zero-order chi connectivity index (χ0) is 12.7. The summed E-state index contributed by atoms with van der Waals surface area (Å²) in [5.41, 5.74) is 0.686. The fourth-order valence-electron chi connectivity index (χ4n) is 1.64. The van der Waals surface area contributed by atoms with Crippen LogP contribution in [0.15, 0.2) is 24.3 Å². The minimum atomic E-state index is -0.784. The molecule has 0 saturated heterocycles. The second-order valence-electron chi connectivity index (χ2n) is 4.25. The predicted molar refractivity (Wildman–Crippen MR) is 64.4 cm³/mol. The number of carbonyl (C=O) groups is 1. The molecule has 3 nitrogen and oxygen atoms in total. The number of nitrogens with one attached hydrogen (secondary N) is 1. The Morgan fingerprint density at radius 2 is 2.18 bits per heavy atom. The van der Waals surface area contributed by atoms with Gasteiger partial charge in [0.2, 0.25) is 0 Å². The molecule has 17 heavy (non-hydrogen) atoms. The smallest absolute Gasteiger partial charge is 0.303 e. The van der Waals surface area contributed by atoms with Crippen molar-refractivity contribution in [3.05, 3.63) is 35.6 Å². The van der Waals surface area contributed by atoms with Crippen LogP contribution in [0.25, 0.3) is 0 Å². The SMILES string of the molecule is CC(CNCCc1ccccc1F)CC(=O)O. The van der Waals surface area contributed by atoms with E-state index < -0.39 is 5.97 Å². The van der Waals surface area contributed by atoms with Gasteiger partial charge in [-0.2, -0.15) is 0 Å². The first-order valence-electron chi connectivity index (χ1n) is 5.75. The molecule has 0 bridgehead atoms. The summed E-state index contributed by atoms with van der Waals surface area (Å²) >= 11 is 0. The molecule has 1 rings (SSSR count).